The van der Waals surface area contributed by atoms with E-state index in [1.165, 1.54) is 12.8 Å². The van der Waals surface area contributed by atoms with Gasteiger partial charge < -0.3 is 9.84 Å². The first-order chi connectivity index (χ1) is 7.45. The summed E-state index contributed by atoms with van der Waals surface area (Å²) < 4.78 is 5.65. The lowest BCUT2D eigenvalue weighted by molar-refractivity contribution is 0.0782. The van der Waals surface area contributed by atoms with Crippen molar-refractivity contribution in [3.8, 4) is 5.75 Å². The monoisotopic (exact) mass is 240 g/mol. The highest BCUT2D eigenvalue weighted by Gasteiger charge is 2.22. The van der Waals surface area contributed by atoms with Gasteiger partial charge in [-0.2, -0.15) is 0 Å². The molecule has 1 N–H and O–H groups in total. The lowest BCUT2D eigenvalue weighted by Gasteiger charge is -2.19. The minimum Gasteiger partial charge on any atom is -0.493 e. The van der Waals surface area contributed by atoms with Crippen LogP contribution >= 0.6 is 11.6 Å². The molecule has 0 bridgehead atoms. The first-order valence-electron chi connectivity index (χ1n) is 5.61. The third-order valence-corrected chi connectivity index (χ3v) is 2.98. The van der Waals surface area contributed by atoms with Gasteiger partial charge in [0.2, 0.25) is 0 Å². The Morgan fingerprint density at radius 1 is 1.38 bits per heavy atom. The van der Waals surface area contributed by atoms with Crippen LogP contribution in [0.4, 0.5) is 0 Å². The normalized spacial score (nSPS) is 16.2. The predicted octanol–water partition coefficient (Wildman–Crippen LogP) is 3.36. The fourth-order valence-electron chi connectivity index (χ4n) is 1.50. The van der Waals surface area contributed by atoms with Crippen LogP contribution in [-0.4, -0.2) is 11.7 Å². The average Bonchev–Trinajstić information content (AvgIpc) is 2.96. The molecule has 0 radical (unpaired) electrons. The molecule has 1 aromatic rings. The molecule has 16 heavy (non-hydrogen) atoms. The van der Waals surface area contributed by atoms with Gasteiger partial charge >= 0.3 is 0 Å². The number of rotatable bonds is 4. The van der Waals surface area contributed by atoms with Crippen molar-refractivity contribution in [2.24, 2.45) is 5.92 Å². The van der Waals surface area contributed by atoms with Gasteiger partial charge in [0.05, 0.1) is 12.2 Å². The lowest BCUT2D eigenvalue weighted by Crippen LogP contribution is -2.15. The first kappa shape index (κ1) is 11.7. The SMILES string of the molecule is CC(C)(O)c1cc(Cl)cc(OCC2CC2)c1. The van der Waals surface area contributed by atoms with Crippen LogP contribution in [0.3, 0.4) is 0 Å². The zero-order chi connectivity index (χ0) is 11.8. The molecule has 3 heteroatoms. The summed E-state index contributed by atoms with van der Waals surface area (Å²) in [4.78, 5) is 0. The molecular formula is C13H17ClO2. The van der Waals surface area contributed by atoms with E-state index in [-0.39, 0.29) is 0 Å². The number of halogens is 1. The molecule has 88 valence electrons. The quantitative estimate of drug-likeness (QED) is 0.875. The van der Waals surface area contributed by atoms with Crippen molar-refractivity contribution in [2.75, 3.05) is 6.61 Å². The number of aliphatic hydroxyl groups is 1. The molecule has 1 aliphatic carbocycles. The largest absolute Gasteiger partial charge is 0.493 e. The maximum Gasteiger partial charge on any atom is 0.121 e. The van der Waals surface area contributed by atoms with Crippen molar-refractivity contribution >= 4 is 11.6 Å². The second kappa shape index (κ2) is 4.27. The Balaban J connectivity index is 2.14. The molecule has 0 unspecified atom stereocenters. The summed E-state index contributed by atoms with van der Waals surface area (Å²) >= 11 is 6.00. The van der Waals surface area contributed by atoms with E-state index in [4.69, 9.17) is 16.3 Å². The van der Waals surface area contributed by atoms with Gasteiger partial charge in [-0.1, -0.05) is 11.6 Å². The maximum absolute atomic E-state index is 9.91. The standard InChI is InChI=1S/C13H17ClO2/c1-13(2,15)10-5-11(14)7-12(6-10)16-8-9-3-4-9/h5-7,9,15H,3-4,8H2,1-2H3. The zero-order valence-corrected chi connectivity index (χ0v) is 10.4. The van der Waals surface area contributed by atoms with Crippen molar-refractivity contribution < 1.29 is 9.84 Å². The van der Waals surface area contributed by atoms with Crippen LogP contribution < -0.4 is 4.74 Å². The van der Waals surface area contributed by atoms with E-state index >= 15 is 0 Å². The van der Waals surface area contributed by atoms with Gasteiger partial charge in [0.1, 0.15) is 5.75 Å². The van der Waals surface area contributed by atoms with Gasteiger partial charge in [-0.05, 0) is 56.4 Å². The summed E-state index contributed by atoms with van der Waals surface area (Å²) in [5.74, 6) is 1.46. The summed E-state index contributed by atoms with van der Waals surface area (Å²) in [5, 5.41) is 10.5. The Kier molecular flexibility index (Phi) is 3.13. The van der Waals surface area contributed by atoms with E-state index < -0.39 is 5.60 Å². The highest BCUT2D eigenvalue weighted by molar-refractivity contribution is 6.30. The molecule has 0 atom stereocenters. The van der Waals surface area contributed by atoms with E-state index in [0.717, 1.165) is 17.9 Å². The Bertz CT molecular complexity index is 378. The maximum atomic E-state index is 9.91. The molecule has 1 fully saturated rings. The molecule has 1 aromatic carbocycles. The average molecular weight is 241 g/mol. The Morgan fingerprint density at radius 3 is 2.62 bits per heavy atom. The second-order valence-electron chi connectivity index (χ2n) is 4.99. The molecule has 0 saturated heterocycles. The Labute approximate surface area is 101 Å². The molecule has 1 aliphatic rings. The zero-order valence-electron chi connectivity index (χ0n) is 9.66. The van der Waals surface area contributed by atoms with Crippen LogP contribution in [0.15, 0.2) is 18.2 Å². The Morgan fingerprint density at radius 2 is 2.06 bits per heavy atom. The minimum atomic E-state index is -0.886. The van der Waals surface area contributed by atoms with Crippen LogP contribution in [0, 0.1) is 5.92 Å². The smallest absolute Gasteiger partial charge is 0.121 e. The summed E-state index contributed by atoms with van der Waals surface area (Å²) in [5.41, 5.74) is -0.103. The van der Waals surface area contributed by atoms with Crippen LogP contribution in [-0.2, 0) is 5.60 Å². The minimum absolute atomic E-state index is 0.602. The Hall–Kier alpha value is -0.730. The van der Waals surface area contributed by atoms with Gasteiger partial charge in [0.15, 0.2) is 0 Å². The number of benzene rings is 1. The van der Waals surface area contributed by atoms with Crippen LogP contribution in [0.2, 0.25) is 5.02 Å². The summed E-state index contributed by atoms with van der Waals surface area (Å²) in [7, 11) is 0. The highest BCUT2D eigenvalue weighted by Crippen LogP contribution is 2.32. The fraction of sp³-hybridized carbons (Fsp3) is 0.538. The van der Waals surface area contributed by atoms with Crippen molar-refractivity contribution in [3.05, 3.63) is 28.8 Å². The first-order valence-corrected chi connectivity index (χ1v) is 5.99. The van der Waals surface area contributed by atoms with Crippen molar-refractivity contribution in [2.45, 2.75) is 32.3 Å². The van der Waals surface area contributed by atoms with Gasteiger partial charge in [-0.3, -0.25) is 0 Å². The second-order valence-corrected chi connectivity index (χ2v) is 5.43. The van der Waals surface area contributed by atoms with E-state index in [2.05, 4.69) is 0 Å². The molecule has 1 saturated carbocycles. The van der Waals surface area contributed by atoms with Crippen LogP contribution in [0.1, 0.15) is 32.3 Å². The molecule has 2 rings (SSSR count). The van der Waals surface area contributed by atoms with E-state index in [9.17, 15) is 5.11 Å². The van der Waals surface area contributed by atoms with E-state index in [0.29, 0.717) is 10.9 Å². The van der Waals surface area contributed by atoms with Gasteiger partial charge in [0.25, 0.3) is 0 Å². The van der Waals surface area contributed by atoms with E-state index in [1.54, 1.807) is 26.0 Å². The highest BCUT2D eigenvalue weighted by atomic mass is 35.5. The van der Waals surface area contributed by atoms with Crippen LogP contribution in [0.25, 0.3) is 0 Å². The van der Waals surface area contributed by atoms with Crippen LogP contribution in [0.5, 0.6) is 5.75 Å². The molecule has 0 spiro atoms. The topological polar surface area (TPSA) is 29.5 Å². The molecule has 0 heterocycles. The van der Waals surface area contributed by atoms with Crippen molar-refractivity contribution in [1.82, 2.24) is 0 Å². The lowest BCUT2D eigenvalue weighted by atomic mass is 9.98. The molecule has 0 amide bonds. The fourth-order valence-corrected chi connectivity index (χ4v) is 1.72. The summed E-state index contributed by atoms with van der Waals surface area (Å²) in [6.45, 7) is 4.23. The number of hydrogen-bond donors (Lipinski definition) is 1. The van der Waals surface area contributed by atoms with Gasteiger partial charge in [0, 0.05) is 5.02 Å². The third kappa shape index (κ3) is 3.13. The molecule has 2 nitrogen and oxygen atoms in total. The van der Waals surface area contributed by atoms with Gasteiger partial charge in [-0.25, -0.2) is 0 Å². The van der Waals surface area contributed by atoms with Crippen molar-refractivity contribution in [3.63, 3.8) is 0 Å². The molecular weight excluding hydrogens is 224 g/mol. The third-order valence-electron chi connectivity index (χ3n) is 2.76. The summed E-state index contributed by atoms with van der Waals surface area (Å²) in [6, 6.07) is 5.42. The van der Waals surface area contributed by atoms with Gasteiger partial charge in [-0.15, -0.1) is 0 Å². The molecule has 0 aromatic heterocycles. The number of ether oxygens (including phenoxy) is 1. The predicted molar refractivity (Wildman–Crippen MR) is 64.9 cm³/mol. The number of hydrogen-bond acceptors (Lipinski definition) is 2. The van der Waals surface area contributed by atoms with E-state index in [1.807, 2.05) is 6.07 Å². The molecule has 0 aliphatic heterocycles. The van der Waals surface area contributed by atoms with Crippen molar-refractivity contribution in [1.29, 1.82) is 0 Å². The summed E-state index contributed by atoms with van der Waals surface area (Å²) in [6.07, 6.45) is 2.53.